The van der Waals surface area contributed by atoms with Crippen LogP contribution in [0.3, 0.4) is 0 Å². The first-order chi connectivity index (χ1) is 9.08. The Morgan fingerprint density at radius 1 is 1.37 bits per heavy atom. The lowest BCUT2D eigenvalue weighted by Crippen LogP contribution is -2.08. The highest BCUT2D eigenvalue weighted by Crippen LogP contribution is 2.27. The zero-order chi connectivity index (χ0) is 14.0. The van der Waals surface area contributed by atoms with Crippen molar-refractivity contribution in [1.29, 1.82) is 0 Å². The third-order valence-corrected chi connectivity index (χ3v) is 2.84. The summed E-state index contributed by atoms with van der Waals surface area (Å²) in [7, 11) is 1.48. The molecule has 0 aliphatic carbocycles. The Kier molecular flexibility index (Phi) is 3.80. The van der Waals surface area contributed by atoms with E-state index in [1.165, 1.54) is 13.2 Å². The molecule has 1 N–H and O–H groups in total. The van der Waals surface area contributed by atoms with Gasteiger partial charge in [-0.3, -0.25) is 0 Å². The molecule has 1 heterocycles. The first-order valence-corrected chi connectivity index (χ1v) is 5.97. The van der Waals surface area contributed by atoms with Crippen LogP contribution < -0.4 is 4.74 Å². The first kappa shape index (κ1) is 13.5. The number of aromatic nitrogens is 3. The molecular weight excluding hydrogens is 249 g/mol. The molecule has 0 aliphatic rings. The summed E-state index contributed by atoms with van der Waals surface area (Å²) < 4.78 is 20.7. The summed E-state index contributed by atoms with van der Waals surface area (Å²) in [5.74, 6) is 0.830. The average Bonchev–Trinajstić information content (AvgIpc) is 2.82. The minimum absolute atomic E-state index is 0.0219. The van der Waals surface area contributed by atoms with E-state index < -0.39 is 5.82 Å². The van der Waals surface area contributed by atoms with Crippen molar-refractivity contribution in [2.75, 3.05) is 7.11 Å². The van der Waals surface area contributed by atoms with Gasteiger partial charge in [-0.1, -0.05) is 0 Å². The maximum Gasteiger partial charge on any atom is 0.167 e. The molecule has 0 saturated heterocycles. The van der Waals surface area contributed by atoms with E-state index in [9.17, 15) is 9.50 Å². The van der Waals surface area contributed by atoms with Gasteiger partial charge in [0.2, 0.25) is 0 Å². The maximum atomic E-state index is 14.1. The fraction of sp³-hybridized carbons (Fsp3) is 0.385. The molecule has 0 fully saturated rings. The smallest absolute Gasteiger partial charge is 0.167 e. The average molecular weight is 265 g/mol. The van der Waals surface area contributed by atoms with Crippen LogP contribution in [0.5, 0.6) is 5.75 Å². The molecule has 2 rings (SSSR count). The second kappa shape index (κ2) is 5.36. The number of benzene rings is 1. The highest BCUT2D eigenvalue weighted by Gasteiger charge is 2.18. The molecule has 0 radical (unpaired) electrons. The number of aliphatic hydroxyl groups excluding tert-OH is 1. The lowest BCUT2D eigenvalue weighted by Gasteiger charge is -2.13. The summed E-state index contributed by atoms with van der Waals surface area (Å²) in [6.45, 7) is 3.61. The van der Waals surface area contributed by atoms with E-state index in [-0.39, 0.29) is 12.6 Å². The van der Waals surface area contributed by atoms with E-state index in [0.717, 1.165) is 0 Å². The molecule has 1 aromatic carbocycles. The standard InChI is InChI=1S/C13H16FN3O2/c1-8(2)17-12(7-18)15-16-13(17)10-5-4-9(19-3)6-11(10)14/h4-6,8,18H,7H2,1-3H3. The summed E-state index contributed by atoms with van der Waals surface area (Å²) in [4.78, 5) is 0. The van der Waals surface area contributed by atoms with E-state index >= 15 is 0 Å². The third-order valence-electron chi connectivity index (χ3n) is 2.84. The molecule has 102 valence electrons. The fourth-order valence-corrected chi connectivity index (χ4v) is 1.96. The van der Waals surface area contributed by atoms with Crippen LogP contribution in [0.15, 0.2) is 18.2 Å². The number of aliphatic hydroxyl groups is 1. The second-order valence-corrected chi connectivity index (χ2v) is 4.41. The maximum absolute atomic E-state index is 14.1. The van der Waals surface area contributed by atoms with Gasteiger partial charge in [0.05, 0.1) is 12.7 Å². The van der Waals surface area contributed by atoms with Crippen molar-refractivity contribution in [2.45, 2.75) is 26.5 Å². The largest absolute Gasteiger partial charge is 0.497 e. The quantitative estimate of drug-likeness (QED) is 0.920. The van der Waals surface area contributed by atoms with Gasteiger partial charge in [0, 0.05) is 12.1 Å². The predicted molar refractivity (Wildman–Crippen MR) is 68.3 cm³/mol. The molecule has 0 bridgehead atoms. The number of halogens is 1. The van der Waals surface area contributed by atoms with Crippen LogP contribution >= 0.6 is 0 Å². The van der Waals surface area contributed by atoms with Crippen molar-refractivity contribution in [1.82, 2.24) is 14.8 Å². The van der Waals surface area contributed by atoms with Crippen LogP contribution in [0.1, 0.15) is 25.7 Å². The van der Waals surface area contributed by atoms with Gasteiger partial charge in [-0.2, -0.15) is 0 Å². The Hall–Kier alpha value is -1.95. The van der Waals surface area contributed by atoms with Crippen LogP contribution in [-0.4, -0.2) is 27.0 Å². The lowest BCUT2D eigenvalue weighted by atomic mass is 10.1. The first-order valence-electron chi connectivity index (χ1n) is 5.97. The van der Waals surface area contributed by atoms with Gasteiger partial charge in [0.25, 0.3) is 0 Å². The van der Waals surface area contributed by atoms with E-state index in [2.05, 4.69) is 10.2 Å². The van der Waals surface area contributed by atoms with Gasteiger partial charge < -0.3 is 14.4 Å². The SMILES string of the molecule is COc1ccc(-c2nnc(CO)n2C(C)C)c(F)c1. The number of rotatable bonds is 4. The molecule has 0 aliphatic heterocycles. The second-order valence-electron chi connectivity index (χ2n) is 4.41. The van der Waals surface area contributed by atoms with Crippen LogP contribution in [0, 0.1) is 5.82 Å². The predicted octanol–water partition coefficient (Wildman–Crippen LogP) is 2.17. The Labute approximate surface area is 110 Å². The molecule has 0 spiro atoms. The van der Waals surface area contributed by atoms with Gasteiger partial charge in [0.15, 0.2) is 11.6 Å². The van der Waals surface area contributed by atoms with Crippen LogP contribution in [0.4, 0.5) is 4.39 Å². The minimum Gasteiger partial charge on any atom is -0.497 e. The van der Waals surface area contributed by atoms with Crippen LogP contribution in [0.2, 0.25) is 0 Å². The molecule has 0 atom stereocenters. The van der Waals surface area contributed by atoms with Crippen molar-refractivity contribution in [3.05, 3.63) is 29.8 Å². The number of hydrogen-bond donors (Lipinski definition) is 1. The van der Waals surface area contributed by atoms with Crippen molar-refractivity contribution in [2.24, 2.45) is 0 Å². The van der Waals surface area contributed by atoms with Gasteiger partial charge in [-0.25, -0.2) is 4.39 Å². The Morgan fingerprint density at radius 2 is 2.11 bits per heavy atom. The van der Waals surface area contributed by atoms with Gasteiger partial charge >= 0.3 is 0 Å². The van der Waals surface area contributed by atoms with Crippen LogP contribution in [0.25, 0.3) is 11.4 Å². The van der Waals surface area contributed by atoms with Crippen molar-refractivity contribution in [3.8, 4) is 17.1 Å². The summed E-state index contributed by atoms with van der Waals surface area (Å²) in [5.41, 5.74) is 0.335. The Bertz CT molecular complexity index is 581. The molecule has 19 heavy (non-hydrogen) atoms. The Balaban J connectivity index is 2.56. The van der Waals surface area contributed by atoms with E-state index in [4.69, 9.17) is 4.74 Å². The highest BCUT2D eigenvalue weighted by molar-refractivity contribution is 5.58. The summed E-state index contributed by atoms with van der Waals surface area (Å²) in [6, 6.07) is 4.58. The number of hydrogen-bond acceptors (Lipinski definition) is 4. The monoisotopic (exact) mass is 265 g/mol. The van der Waals surface area contributed by atoms with Crippen molar-refractivity contribution < 1.29 is 14.2 Å². The highest BCUT2D eigenvalue weighted by atomic mass is 19.1. The van der Waals surface area contributed by atoms with Crippen molar-refractivity contribution >= 4 is 0 Å². The number of ether oxygens (including phenoxy) is 1. The molecule has 0 unspecified atom stereocenters. The zero-order valence-corrected chi connectivity index (χ0v) is 11.1. The number of nitrogens with zero attached hydrogens (tertiary/aromatic N) is 3. The summed E-state index contributed by atoms with van der Waals surface area (Å²) in [5, 5.41) is 17.1. The molecule has 6 heteroatoms. The Morgan fingerprint density at radius 3 is 2.63 bits per heavy atom. The fourth-order valence-electron chi connectivity index (χ4n) is 1.96. The third kappa shape index (κ3) is 2.44. The topological polar surface area (TPSA) is 60.2 Å². The summed E-state index contributed by atoms with van der Waals surface area (Å²) in [6.07, 6.45) is 0. The van der Waals surface area contributed by atoms with E-state index in [1.54, 1.807) is 16.7 Å². The molecular formula is C13H16FN3O2. The zero-order valence-electron chi connectivity index (χ0n) is 11.1. The molecule has 5 nitrogen and oxygen atoms in total. The van der Waals surface area contributed by atoms with Gasteiger partial charge in [0.1, 0.15) is 18.2 Å². The minimum atomic E-state index is -0.432. The van der Waals surface area contributed by atoms with Gasteiger partial charge in [-0.05, 0) is 26.0 Å². The van der Waals surface area contributed by atoms with Gasteiger partial charge in [-0.15, -0.1) is 10.2 Å². The normalized spacial score (nSPS) is 11.1. The van der Waals surface area contributed by atoms with E-state index in [0.29, 0.717) is 23.0 Å². The lowest BCUT2D eigenvalue weighted by molar-refractivity contribution is 0.262. The van der Waals surface area contributed by atoms with Crippen LogP contribution in [-0.2, 0) is 6.61 Å². The molecule has 0 saturated carbocycles. The molecule has 0 amide bonds. The van der Waals surface area contributed by atoms with Crippen molar-refractivity contribution in [3.63, 3.8) is 0 Å². The van der Waals surface area contributed by atoms with E-state index in [1.807, 2.05) is 13.8 Å². The molecule has 2 aromatic rings. The number of methoxy groups -OCH3 is 1. The summed E-state index contributed by atoms with van der Waals surface area (Å²) >= 11 is 0. The molecule has 1 aromatic heterocycles.